The molecule has 0 unspecified atom stereocenters. The van der Waals surface area contributed by atoms with E-state index < -0.39 is 0 Å². The summed E-state index contributed by atoms with van der Waals surface area (Å²) in [5.74, 6) is 0. The van der Waals surface area contributed by atoms with Gasteiger partial charge in [-0.3, -0.25) is 4.98 Å². The number of nitrogens with zero attached hydrogens (tertiary/aromatic N) is 2. The highest BCUT2D eigenvalue weighted by Gasteiger charge is 2.07. The molecule has 0 aliphatic rings. The molecule has 0 aliphatic carbocycles. The number of aromatic nitrogens is 2. The molecule has 4 nitrogen and oxygen atoms in total. The molecule has 0 aromatic carbocycles. The quantitative estimate of drug-likeness (QED) is 0.744. The standard InChI is InChI=1S/C9H9N3O/c10-4-8-6-13-12-9(8)7-2-1-3-11-5-7/h1-3,5-6H,4,10H2. The van der Waals surface area contributed by atoms with Crippen LogP contribution in [0.3, 0.4) is 0 Å². The van der Waals surface area contributed by atoms with E-state index in [1.165, 1.54) is 0 Å². The molecular formula is C9H9N3O. The first-order valence-electron chi connectivity index (χ1n) is 3.95. The summed E-state index contributed by atoms with van der Waals surface area (Å²) in [6.07, 6.45) is 5.01. The summed E-state index contributed by atoms with van der Waals surface area (Å²) in [4.78, 5) is 3.99. The van der Waals surface area contributed by atoms with E-state index in [0.717, 1.165) is 16.8 Å². The number of hydrogen-bond acceptors (Lipinski definition) is 4. The average molecular weight is 175 g/mol. The second kappa shape index (κ2) is 3.37. The van der Waals surface area contributed by atoms with Crippen LogP contribution in [-0.4, -0.2) is 10.1 Å². The molecule has 0 bridgehead atoms. The summed E-state index contributed by atoms with van der Waals surface area (Å²) >= 11 is 0. The Morgan fingerprint density at radius 1 is 1.46 bits per heavy atom. The molecule has 0 radical (unpaired) electrons. The van der Waals surface area contributed by atoms with Crippen molar-refractivity contribution in [1.29, 1.82) is 0 Å². The molecule has 2 heterocycles. The van der Waals surface area contributed by atoms with Gasteiger partial charge >= 0.3 is 0 Å². The second-order valence-corrected chi connectivity index (χ2v) is 2.63. The molecule has 13 heavy (non-hydrogen) atoms. The highest BCUT2D eigenvalue weighted by Crippen LogP contribution is 2.19. The van der Waals surface area contributed by atoms with E-state index in [1.54, 1.807) is 18.7 Å². The van der Waals surface area contributed by atoms with Gasteiger partial charge in [0.15, 0.2) is 0 Å². The van der Waals surface area contributed by atoms with Crippen molar-refractivity contribution in [2.45, 2.75) is 6.54 Å². The monoisotopic (exact) mass is 175 g/mol. The Labute approximate surface area is 75.4 Å². The van der Waals surface area contributed by atoms with Gasteiger partial charge in [0.25, 0.3) is 0 Å². The Hall–Kier alpha value is -1.68. The summed E-state index contributed by atoms with van der Waals surface area (Å²) in [5, 5.41) is 3.86. The normalized spacial score (nSPS) is 10.2. The predicted molar refractivity (Wildman–Crippen MR) is 47.6 cm³/mol. The van der Waals surface area contributed by atoms with Gasteiger partial charge in [0, 0.05) is 30.1 Å². The van der Waals surface area contributed by atoms with Gasteiger partial charge in [0.1, 0.15) is 12.0 Å². The molecule has 66 valence electrons. The SMILES string of the molecule is NCc1conc1-c1cccnc1. The first kappa shape index (κ1) is 7.94. The topological polar surface area (TPSA) is 64.9 Å². The van der Waals surface area contributed by atoms with Crippen LogP contribution >= 0.6 is 0 Å². The predicted octanol–water partition coefficient (Wildman–Crippen LogP) is 1.20. The Kier molecular flexibility index (Phi) is 2.06. The summed E-state index contributed by atoms with van der Waals surface area (Å²) in [5.41, 5.74) is 8.11. The van der Waals surface area contributed by atoms with Crippen LogP contribution in [0.4, 0.5) is 0 Å². The lowest BCUT2D eigenvalue weighted by molar-refractivity contribution is 0.421. The van der Waals surface area contributed by atoms with E-state index >= 15 is 0 Å². The molecular weight excluding hydrogens is 166 g/mol. The third kappa shape index (κ3) is 1.43. The average Bonchev–Trinajstić information content (AvgIpc) is 2.67. The van der Waals surface area contributed by atoms with E-state index in [-0.39, 0.29) is 0 Å². The smallest absolute Gasteiger partial charge is 0.128 e. The minimum Gasteiger partial charge on any atom is -0.364 e. The lowest BCUT2D eigenvalue weighted by atomic mass is 10.1. The van der Waals surface area contributed by atoms with Crippen molar-refractivity contribution in [3.63, 3.8) is 0 Å². The first-order chi connectivity index (χ1) is 6.42. The van der Waals surface area contributed by atoms with Crippen LogP contribution in [0.15, 0.2) is 35.3 Å². The van der Waals surface area contributed by atoms with E-state index in [4.69, 9.17) is 10.3 Å². The summed E-state index contributed by atoms with van der Waals surface area (Å²) in [6.45, 7) is 0.424. The molecule has 0 saturated carbocycles. The van der Waals surface area contributed by atoms with Crippen LogP contribution < -0.4 is 5.73 Å². The fourth-order valence-electron chi connectivity index (χ4n) is 1.14. The minimum absolute atomic E-state index is 0.424. The lowest BCUT2D eigenvalue weighted by Gasteiger charge is -1.96. The van der Waals surface area contributed by atoms with Crippen molar-refractivity contribution in [3.05, 3.63) is 36.4 Å². The molecule has 2 rings (SSSR count). The molecule has 2 aromatic rings. The molecule has 0 aliphatic heterocycles. The maximum absolute atomic E-state index is 5.51. The lowest BCUT2D eigenvalue weighted by Crippen LogP contribution is -1.96. The Balaban J connectivity index is 2.47. The van der Waals surface area contributed by atoms with Crippen molar-refractivity contribution in [3.8, 4) is 11.3 Å². The van der Waals surface area contributed by atoms with E-state index in [2.05, 4.69) is 10.1 Å². The number of pyridine rings is 1. The minimum atomic E-state index is 0.424. The second-order valence-electron chi connectivity index (χ2n) is 2.63. The van der Waals surface area contributed by atoms with Gasteiger partial charge in [-0.05, 0) is 12.1 Å². The van der Waals surface area contributed by atoms with Crippen LogP contribution in [0.1, 0.15) is 5.56 Å². The molecule has 0 amide bonds. The summed E-state index contributed by atoms with van der Waals surface area (Å²) in [7, 11) is 0. The maximum Gasteiger partial charge on any atom is 0.128 e. The van der Waals surface area contributed by atoms with Crippen LogP contribution in [0, 0.1) is 0 Å². The van der Waals surface area contributed by atoms with Crippen molar-refractivity contribution in [2.75, 3.05) is 0 Å². The molecule has 0 atom stereocenters. The van der Waals surface area contributed by atoms with Crippen LogP contribution in [-0.2, 0) is 6.54 Å². The Morgan fingerprint density at radius 2 is 2.38 bits per heavy atom. The van der Waals surface area contributed by atoms with Gasteiger partial charge in [0.05, 0.1) is 0 Å². The maximum atomic E-state index is 5.51. The zero-order valence-corrected chi connectivity index (χ0v) is 6.97. The Bertz CT molecular complexity index is 383. The molecule has 4 heteroatoms. The van der Waals surface area contributed by atoms with E-state index in [9.17, 15) is 0 Å². The third-order valence-electron chi connectivity index (χ3n) is 1.80. The van der Waals surface area contributed by atoms with Gasteiger partial charge in [0.2, 0.25) is 0 Å². The zero-order chi connectivity index (χ0) is 9.10. The van der Waals surface area contributed by atoms with Gasteiger partial charge in [-0.2, -0.15) is 0 Å². The molecule has 2 N–H and O–H groups in total. The van der Waals surface area contributed by atoms with Crippen molar-refractivity contribution in [2.24, 2.45) is 5.73 Å². The first-order valence-corrected chi connectivity index (χ1v) is 3.95. The van der Waals surface area contributed by atoms with Crippen LogP contribution in [0.2, 0.25) is 0 Å². The van der Waals surface area contributed by atoms with Gasteiger partial charge in [-0.15, -0.1) is 0 Å². The Morgan fingerprint density at radius 3 is 3.08 bits per heavy atom. The van der Waals surface area contributed by atoms with Crippen LogP contribution in [0.5, 0.6) is 0 Å². The van der Waals surface area contributed by atoms with Crippen molar-refractivity contribution >= 4 is 0 Å². The van der Waals surface area contributed by atoms with Crippen LogP contribution in [0.25, 0.3) is 11.3 Å². The van der Waals surface area contributed by atoms with Crippen molar-refractivity contribution in [1.82, 2.24) is 10.1 Å². The van der Waals surface area contributed by atoms with E-state index in [0.29, 0.717) is 6.54 Å². The third-order valence-corrected chi connectivity index (χ3v) is 1.80. The molecule has 0 spiro atoms. The highest BCUT2D eigenvalue weighted by molar-refractivity contribution is 5.60. The molecule has 0 fully saturated rings. The number of hydrogen-bond donors (Lipinski definition) is 1. The summed E-state index contributed by atoms with van der Waals surface area (Å²) < 4.78 is 4.83. The fraction of sp³-hybridized carbons (Fsp3) is 0.111. The zero-order valence-electron chi connectivity index (χ0n) is 6.97. The number of rotatable bonds is 2. The van der Waals surface area contributed by atoms with Crippen molar-refractivity contribution < 1.29 is 4.52 Å². The highest BCUT2D eigenvalue weighted by atomic mass is 16.5. The summed E-state index contributed by atoms with van der Waals surface area (Å²) in [6, 6.07) is 3.77. The number of nitrogens with two attached hydrogens (primary N) is 1. The van der Waals surface area contributed by atoms with Gasteiger partial charge < -0.3 is 10.3 Å². The largest absolute Gasteiger partial charge is 0.364 e. The van der Waals surface area contributed by atoms with Gasteiger partial charge in [-0.1, -0.05) is 5.16 Å². The molecule has 0 saturated heterocycles. The van der Waals surface area contributed by atoms with E-state index in [1.807, 2.05) is 12.1 Å². The van der Waals surface area contributed by atoms with Gasteiger partial charge in [-0.25, -0.2) is 0 Å². The fourth-order valence-corrected chi connectivity index (χ4v) is 1.14. The molecule has 2 aromatic heterocycles.